The molecule has 7 atom stereocenters. The minimum absolute atomic E-state index is 0.716. The summed E-state index contributed by atoms with van der Waals surface area (Å²) in [6.45, 7) is 7.84. The lowest BCUT2D eigenvalue weighted by molar-refractivity contribution is -0.110. The summed E-state index contributed by atoms with van der Waals surface area (Å²) in [5.41, 5.74) is 1.45. The van der Waals surface area contributed by atoms with Gasteiger partial charge in [-0.3, -0.25) is 0 Å². The van der Waals surface area contributed by atoms with Crippen molar-refractivity contribution in [2.24, 2.45) is 40.4 Å². The van der Waals surface area contributed by atoms with Crippen LogP contribution in [0.15, 0.2) is 0 Å². The minimum atomic E-state index is 0.716. The maximum atomic E-state index is 2.71. The van der Waals surface area contributed by atoms with Crippen LogP contribution < -0.4 is 0 Å². The molecule has 0 aromatic heterocycles. The van der Waals surface area contributed by atoms with Crippen LogP contribution in [0.3, 0.4) is 0 Å². The smallest absolute Gasteiger partial charge is 0.0266 e. The molecule has 0 aromatic carbocycles. The summed E-state index contributed by atoms with van der Waals surface area (Å²) < 4.78 is 0. The van der Waals surface area contributed by atoms with Crippen molar-refractivity contribution >= 4 is 0 Å². The molecule has 0 aliphatic heterocycles. The lowest BCUT2D eigenvalue weighted by Gasteiger charge is -2.60. The Morgan fingerprint density at radius 2 is 1.57 bits per heavy atom. The monoisotopic (exact) mass is 288 g/mol. The topological polar surface area (TPSA) is 0 Å². The van der Waals surface area contributed by atoms with Crippen LogP contribution in [-0.4, -0.2) is 0 Å². The van der Waals surface area contributed by atoms with E-state index < -0.39 is 0 Å². The van der Waals surface area contributed by atoms with Crippen molar-refractivity contribution in [3.63, 3.8) is 0 Å². The van der Waals surface area contributed by atoms with Crippen LogP contribution in [0.4, 0.5) is 0 Å². The molecule has 0 saturated heterocycles. The minimum Gasteiger partial charge on any atom is -0.0651 e. The summed E-state index contributed by atoms with van der Waals surface area (Å²) in [4.78, 5) is 0. The first-order valence-corrected chi connectivity index (χ1v) is 10.1. The third kappa shape index (κ3) is 1.93. The fourth-order valence-corrected chi connectivity index (χ4v) is 8.07. The maximum absolute atomic E-state index is 2.71. The normalized spacial score (nSPS) is 56.4. The van der Waals surface area contributed by atoms with Gasteiger partial charge in [0, 0.05) is 0 Å². The second-order valence-electron chi connectivity index (χ2n) is 9.63. The molecule has 21 heavy (non-hydrogen) atoms. The van der Waals surface area contributed by atoms with Crippen molar-refractivity contribution in [2.75, 3.05) is 0 Å². The summed E-state index contributed by atoms with van der Waals surface area (Å²) in [7, 11) is 0. The average molecular weight is 289 g/mol. The van der Waals surface area contributed by atoms with Crippen LogP contribution in [0.25, 0.3) is 0 Å². The van der Waals surface area contributed by atoms with Gasteiger partial charge in [-0.1, -0.05) is 40.0 Å². The van der Waals surface area contributed by atoms with Gasteiger partial charge in [-0.25, -0.2) is 0 Å². The highest BCUT2D eigenvalue weighted by Crippen LogP contribution is 2.67. The van der Waals surface area contributed by atoms with E-state index in [9.17, 15) is 0 Å². The summed E-state index contributed by atoms with van der Waals surface area (Å²) in [5.74, 6) is 5.39. The molecule has 4 saturated carbocycles. The van der Waals surface area contributed by atoms with E-state index in [1.54, 1.807) is 51.4 Å². The SMILES string of the molecule is CCC1CCC2C3CC[C@H]4CCCCC4(C)C3CCC12C. The van der Waals surface area contributed by atoms with Crippen LogP contribution in [0.2, 0.25) is 0 Å². The van der Waals surface area contributed by atoms with Crippen molar-refractivity contribution < 1.29 is 0 Å². The Labute approximate surface area is 132 Å². The molecular weight excluding hydrogens is 252 g/mol. The van der Waals surface area contributed by atoms with Crippen molar-refractivity contribution in [3.8, 4) is 0 Å². The number of fused-ring (bicyclic) bond motifs is 5. The molecule has 0 N–H and O–H groups in total. The average Bonchev–Trinajstić information content (AvgIpc) is 2.83. The Hall–Kier alpha value is 0. The quantitative estimate of drug-likeness (QED) is 0.520. The number of hydrogen-bond acceptors (Lipinski definition) is 0. The van der Waals surface area contributed by atoms with E-state index >= 15 is 0 Å². The van der Waals surface area contributed by atoms with Crippen LogP contribution in [0.1, 0.15) is 91.4 Å². The first-order valence-electron chi connectivity index (χ1n) is 10.1. The van der Waals surface area contributed by atoms with E-state index in [1.807, 2.05) is 0 Å². The fourth-order valence-electron chi connectivity index (χ4n) is 8.07. The Kier molecular flexibility index (Phi) is 3.47. The van der Waals surface area contributed by atoms with Crippen molar-refractivity contribution in [2.45, 2.75) is 91.4 Å². The van der Waals surface area contributed by atoms with Crippen molar-refractivity contribution in [1.29, 1.82) is 0 Å². The highest BCUT2D eigenvalue weighted by atomic mass is 14.6. The Bertz CT molecular complexity index is 399. The molecule has 120 valence electrons. The Morgan fingerprint density at radius 3 is 2.38 bits per heavy atom. The first kappa shape index (κ1) is 14.6. The van der Waals surface area contributed by atoms with Gasteiger partial charge >= 0.3 is 0 Å². The number of rotatable bonds is 1. The van der Waals surface area contributed by atoms with Gasteiger partial charge in [0.1, 0.15) is 0 Å². The first-order chi connectivity index (χ1) is 10.1. The molecule has 0 heterocycles. The molecule has 4 rings (SSSR count). The van der Waals surface area contributed by atoms with Crippen LogP contribution in [0.5, 0.6) is 0 Å². The van der Waals surface area contributed by atoms with E-state index in [2.05, 4.69) is 20.8 Å². The van der Waals surface area contributed by atoms with E-state index in [0.717, 1.165) is 35.0 Å². The van der Waals surface area contributed by atoms with Gasteiger partial charge < -0.3 is 0 Å². The number of hydrogen-bond donors (Lipinski definition) is 0. The lowest BCUT2D eigenvalue weighted by Crippen LogP contribution is -2.52. The highest BCUT2D eigenvalue weighted by molar-refractivity contribution is 5.08. The maximum Gasteiger partial charge on any atom is -0.0266 e. The molecule has 4 fully saturated rings. The zero-order valence-electron chi connectivity index (χ0n) is 14.7. The zero-order valence-corrected chi connectivity index (χ0v) is 14.7. The molecule has 0 nitrogen and oxygen atoms in total. The van der Waals surface area contributed by atoms with E-state index in [1.165, 1.54) is 19.3 Å². The van der Waals surface area contributed by atoms with Crippen LogP contribution >= 0.6 is 0 Å². The summed E-state index contributed by atoms with van der Waals surface area (Å²) >= 11 is 0. The van der Waals surface area contributed by atoms with Crippen molar-refractivity contribution in [3.05, 3.63) is 0 Å². The third-order valence-electron chi connectivity index (χ3n) is 9.27. The molecular formula is C21H36. The van der Waals surface area contributed by atoms with Gasteiger partial charge in [-0.05, 0) is 91.8 Å². The standard InChI is InChI=1S/C21H36/c1-4-15-9-11-18-17-10-8-16-7-5-6-13-20(16,2)19(17)12-14-21(15,18)3/h15-19H,4-14H2,1-3H3/t15?,16-,17?,18?,19?,20?,21?/m1/s1. The highest BCUT2D eigenvalue weighted by Gasteiger charge is 2.59. The second-order valence-corrected chi connectivity index (χ2v) is 9.63. The van der Waals surface area contributed by atoms with Gasteiger partial charge in [0.15, 0.2) is 0 Å². The molecule has 0 amide bonds. The van der Waals surface area contributed by atoms with Crippen LogP contribution in [-0.2, 0) is 0 Å². The molecule has 0 aromatic rings. The molecule has 4 aliphatic rings. The van der Waals surface area contributed by atoms with Crippen molar-refractivity contribution in [1.82, 2.24) is 0 Å². The lowest BCUT2D eigenvalue weighted by atomic mass is 9.45. The van der Waals surface area contributed by atoms with Gasteiger partial charge in [0.05, 0.1) is 0 Å². The molecule has 0 spiro atoms. The molecule has 0 bridgehead atoms. The third-order valence-corrected chi connectivity index (χ3v) is 9.27. The van der Waals surface area contributed by atoms with E-state index in [0.29, 0.717) is 5.41 Å². The van der Waals surface area contributed by atoms with Gasteiger partial charge in [-0.15, -0.1) is 0 Å². The van der Waals surface area contributed by atoms with Gasteiger partial charge in [0.2, 0.25) is 0 Å². The van der Waals surface area contributed by atoms with Crippen LogP contribution in [0, 0.1) is 40.4 Å². The summed E-state index contributed by atoms with van der Waals surface area (Å²) in [6.07, 6.45) is 17.0. The van der Waals surface area contributed by atoms with E-state index in [4.69, 9.17) is 0 Å². The predicted molar refractivity (Wildman–Crippen MR) is 90.1 cm³/mol. The largest absolute Gasteiger partial charge is 0.0651 e. The summed E-state index contributed by atoms with van der Waals surface area (Å²) in [5, 5.41) is 0. The van der Waals surface area contributed by atoms with Gasteiger partial charge in [-0.2, -0.15) is 0 Å². The van der Waals surface area contributed by atoms with Gasteiger partial charge in [0.25, 0.3) is 0 Å². The Balaban J connectivity index is 1.62. The molecule has 0 radical (unpaired) electrons. The summed E-state index contributed by atoms with van der Waals surface area (Å²) in [6, 6.07) is 0. The zero-order chi connectivity index (χ0) is 14.7. The second kappa shape index (κ2) is 5.00. The fraction of sp³-hybridized carbons (Fsp3) is 1.00. The molecule has 0 heteroatoms. The molecule has 4 aliphatic carbocycles. The molecule has 6 unspecified atom stereocenters. The predicted octanol–water partition coefficient (Wildman–Crippen LogP) is 6.45. The van der Waals surface area contributed by atoms with E-state index in [-0.39, 0.29) is 0 Å². The Morgan fingerprint density at radius 1 is 0.762 bits per heavy atom.